The first-order valence-electron chi connectivity index (χ1n) is 13.4. The lowest BCUT2D eigenvalue weighted by molar-refractivity contribution is -0.153. The summed E-state index contributed by atoms with van der Waals surface area (Å²) in [5.41, 5.74) is 2.60. The van der Waals surface area contributed by atoms with E-state index >= 15 is 0 Å². The summed E-state index contributed by atoms with van der Waals surface area (Å²) in [6, 6.07) is 0. The SMILES string of the molecule is CC(C)=CC(=O)CC(C)[C@@H]1CC[C@]2(C)C3=CCC4[C@](C)(CCC(=O)[C@]4(C)CO)C3CC[C@@]12C. The van der Waals surface area contributed by atoms with Gasteiger partial charge < -0.3 is 5.11 Å². The van der Waals surface area contributed by atoms with Gasteiger partial charge in [0.15, 0.2) is 5.78 Å². The first kappa shape index (κ1) is 24.9. The van der Waals surface area contributed by atoms with Gasteiger partial charge >= 0.3 is 0 Å². The molecule has 4 aliphatic carbocycles. The molecule has 0 aromatic rings. The van der Waals surface area contributed by atoms with E-state index in [0.29, 0.717) is 30.6 Å². The Labute approximate surface area is 201 Å². The largest absolute Gasteiger partial charge is 0.395 e. The number of allylic oxidation sites excluding steroid dienone is 4. The Kier molecular flexibility index (Phi) is 6.17. The van der Waals surface area contributed by atoms with E-state index in [2.05, 4.69) is 33.8 Å². The Balaban J connectivity index is 1.65. The summed E-state index contributed by atoms with van der Waals surface area (Å²) in [5.74, 6) is 2.24. The minimum absolute atomic E-state index is 0.0315. The van der Waals surface area contributed by atoms with Crippen molar-refractivity contribution in [3.63, 3.8) is 0 Å². The van der Waals surface area contributed by atoms with Crippen molar-refractivity contribution in [3.8, 4) is 0 Å². The zero-order chi connectivity index (χ0) is 24.4. The van der Waals surface area contributed by atoms with Gasteiger partial charge in [-0.2, -0.15) is 0 Å². The van der Waals surface area contributed by atoms with E-state index in [1.807, 2.05) is 26.8 Å². The number of ketones is 2. The van der Waals surface area contributed by atoms with Crippen LogP contribution in [-0.2, 0) is 9.59 Å². The van der Waals surface area contributed by atoms with Gasteiger partial charge in [-0.05, 0) is 98.4 Å². The van der Waals surface area contributed by atoms with Crippen molar-refractivity contribution in [3.05, 3.63) is 23.3 Å². The third kappa shape index (κ3) is 3.46. The van der Waals surface area contributed by atoms with Gasteiger partial charge in [0, 0.05) is 12.8 Å². The molecule has 0 saturated heterocycles. The summed E-state index contributed by atoms with van der Waals surface area (Å²) in [5, 5.41) is 10.3. The van der Waals surface area contributed by atoms with E-state index in [4.69, 9.17) is 0 Å². The Morgan fingerprint density at radius 3 is 2.48 bits per heavy atom. The van der Waals surface area contributed by atoms with Gasteiger partial charge in [-0.15, -0.1) is 0 Å². The van der Waals surface area contributed by atoms with E-state index in [1.54, 1.807) is 5.57 Å². The Hall–Kier alpha value is -1.22. The number of aliphatic hydroxyl groups is 1. The van der Waals surface area contributed by atoms with Crippen LogP contribution in [0.2, 0.25) is 0 Å². The molecule has 0 aromatic carbocycles. The number of hydrogen-bond donors (Lipinski definition) is 1. The zero-order valence-corrected chi connectivity index (χ0v) is 22.1. The molecule has 3 fully saturated rings. The van der Waals surface area contributed by atoms with E-state index in [0.717, 1.165) is 18.4 Å². The maximum Gasteiger partial charge on any atom is 0.155 e. The zero-order valence-electron chi connectivity index (χ0n) is 22.1. The van der Waals surface area contributed by atoms with Crippen molar-refractivity contribution in [1.29, 1.82) is 0 Å². The second-order valence-corrected chi connectivity index (χ2v) is 13.3. The van der Waals surface area contributed by atoms with Gasteiger partial charge in [0.05, 0.1) is 12.0 Å². The Bertz CT molecular complexity index is 894. The Morgan fingerprint density at radius 1 is 1.15 bits per heavy atom. The molecule has 0 heterocycles. The minimum atomic E-state index is -0.602. The quantitative estimate of drug-likeness (QED) is 0.372. The van der Waals surface area contributed by atoms with E-state index in [-0.39, 0.29) is 40.3 Å². The van der Waals surface area contributed by atoms with Gasteiger partial charge in [0.2, 0.25) is 0 Å². The number of hydrogen-bond acceptors (Lipinski definition) is 3. The van der Waals surface area contributed by atoms with Crippen LogP contribution in [0.1, 0.15) is 99.8 Å². The Morgan fingerprint density at radius 2 is 1.85 bits per heavy atom. The van der Waals surface area contributed by atoms with Crippen LogP contribution in [0.25, 0.3) is 0 Å². The highest BCUT2D eigenvalue weighted by Crippen LogP contribution is 2.73. The summed E-state index contributed by atoms with van der Waals surface area (Å²) in [6.45, 7) is 15.7. The highest BCUT2D eigenvalue weighted by atomic mass is 16.3. The molecule has 4 rings (SSSR count). The second-order valence-electron chi connectivity index (χ2n) is 13.3. The van der Waals surface area contributed by atoms with Crippen molar-refractivity contribution in [2.45, 2.75) is 99.8 Å². The molecule has 0 bridgehead atoms. The van der Waals surface area contributed by atoms with Crippen molar-refractivity contribution in [2.24, 2.45) is 45.3 Å². The first-order valence-corrected chi connectivity index (χ1v) is 13.4. The molecule has 1 N–H and O–H groups in total. The molecule has 0 spiro atoms. The molecule has 8 atom stereocenters. The van der Waals surface area contributed by atoms with Gasteiger partial charge in [0.25, 0.3) is 0 Å². The molecule has 3 heteroatoms. The summed E-state index contributed by atoms with van der Waals surface area (Å²) >= 11 is 0. The predicted molar refractivity (Wildman–Crippen MR) is 134 cm³/mol. The summed E-state index contributed by atoms with van der Waals surface area (Å²) in [4.78, 5) is 25.4. The predicted octanol–water partition coefficient (Wildman–Crippen LogP) is 6.69. The summed E-state index contributed by atoms with van der Waals surface area (Å²) in [6.07, 6.45) is 12.2. The average molecular weight is 455 g/mol. The first-order chi connectivity index (χ1) is 15.3. The fraction of sp³-hybridized carbons (Fsp3) is 0.800. The number of rotatable bonds is 5. The van der Waals surface area contributed by atoms with Crippen molar-refractivity contribution in [1.82, 2.24) is 0 Å². The number of Topliss-reactive ketones (excluding diaryl/α,β-unsaturated/α-hetero) is 1. The number of fused-ring (bicyclic) bond motifs is 5. The normalized spacial score (nSPS) is 45.4. The third-order valence-electron chi connectivity index (χ3n) is 11.4. The fourth-order valence-corrected chi connectivity index (χ4v) is 9.34. The number of carbonyl (C=O) groups excluding carboxylic acids is 2. The second kappa shape index (κ2) is 8.18. The standard InChI is InChI=1S/C30H46O3/c1-19(2)16-21(32)17-20(3)22-10-14-30(7)24-8-9-25-27(4,23(24)11-15-29(22,30)6)13-12-26(33)28(25,5)18-31/h8,16,20,22-23,25,31H,9-15,17-18H2,1-7H3/t20?,22-,23?,25?,27+,28+,29-,30+/m0/s1. The fourth-order valence-electron chi connectivity index (χ4n) is 9.34. The molecular weight excluding hydrogens is 408 g/mol. The molecular formula is C30H46O3. The monoisotopic (exact) mass is 454 g/mol. The van der Waals surface area contributed by atoms with Crippen LogP contribution in [0.15, 0.2) is 23.3 Å². The number of carbonyl (C=O) groups is 2. The molecule has 3 unspecified atom stereocenters. The van der Waals surface area contributed by atoms with Crippen LogP contribution in [0.5, 0.6) is 0 Å². The average Bonchev–Trinajstić information content (AvgIpc) is 3.02. The van der Waals surface area contributed by atoms with Crippen molar-refractivity contribution >= 4 is 11.6 Å². The highest BCUT2D eigenvalue weighted by molar-refractivity contribution is 5.90. The van der Waals surface area contributed by atoms with E-state index in [1.165, 1.54) is 25.7 Å². The molecule has 184 valence electrons. The lowest BCUT2D eigenvalue weighted by Crippen LogP contribution is -2.58. The van der Waals surface area contributed by atoms with Crippen LogP contribution >= 0.6 is 0 Å². The maximum absolute atomic E-state index is 12.9. The van der Waals surface area contributed by atoms with Crippen molar-refractivity contribution < 1.29 is 14.7 Å². The van der Waals surface area contributed by atoms with Gasteiger partial charge in [-0.25, -0.2) is 0 Å². The van der Waals surface area contributed by atoms with E-state index < -0.39 is 5.41 Å². The number of aliphatic hydroxyl groups excluding tert-OH is 1. The summed E-state index contributed by atoms with van der Waals surface area (Å²) < 4.78 is 0. The lowest BCUT2D eigenvalue weighted by Gasteiger charge is -2.63. The third-order valence-corrected chi connectivity index (χ3v) is 11.4. The van der Waals surface area contributed by atoms with Gasteiger partial charge in [-0.1, -0.05) is 51.8 Å². The molecule has 0 amide bonds. The maximum atomic E-state index is 12.9. The topological polar surface area (TPSA) is 54.4 Å². The van der Waals surface area contributed by atoms with Crippen LogP contribution in [0.3, 0.4) is 0 Å². The summed E-state index contributed by atoms with van der Waals surface area (Å²) in [7, 11) is 0. The molecule has 4 aliphatic rings. The smallest absolute Gasteiger partial charge is 0.155 e. The molecule has 0 radical (unpaired) electrons. The molecule has 3 nitrogen and oxygen atoms in total. The van der Waals surface area contributed by atoms with Crippen LogP contribution in [0.4, 0.5) is 0 Å². The minimum Gasteiger partial charge on any atom is -0.395 e. The van der Waals surface area contributed by atoms with E-state index in [9.17, 15) is 14.7 Å². The molecule has 33 heavy (non-hydrogen) atoms. The van der Waals surface area contributed by atoms with Crippen LogP contribution < -0.4 is 0 Å². The highest BCUT2D eigenvalue weighted by Gasteiger charge is 2.65. The lowest BCUT2D eigenvalue weighted by atomic mass is 9.41. The molecule has 0 aromatic heterocycles. The molecule has 0 aliphatic heterocycles. The molecule has 3 saturated carbocycles. The van der Waals surface area contributed by atoms with Crippen molar-refractivity contribution in [2.75, 3.05) is 6.61 Å². The van der Waals surface area contributed by atoms with Gasteiger partial charge in [-0.3, -0.25) is 9.59 Å². The van der Waals surface area contributed by atoms with Crippen LogP contribution in [-0.4, -0.2) is 23.3 Å². The van der Waals surface area contributed by atoms with Gasteiger partial charge in [0.1, 0.15) is 5.78 Å². The van der Waals surface area contributed by atoms with Crippen LogP contribution in [0, 0.1) is 45.3 Å².